The predicted octanol–water partition coefficient (Wildman–Crippen LogP) is 3.19. The Hall–Kier alpha value is -3.40. The molecule has 7 nitrogen and oxygen atoms in total. The summed E-state index contributed by atoms with van der Waals surface area (Å²) in [6.07, 6.45) is 2.00. The number of hydrogen-bond acceptors (Lipinski definition) is 6. The van der Waals surface area contributed by atoms with E-state index in [9.17, 15) is 10.1 Å². The van der Waals surface area contributed by atoms with E-state index in [1.807, 2.05) is 0 Å². The summed E-state index contributed by atoms with van der Waals surface area (Å²) in [5.74, 6) is -0.0288. The number of nitrogens with two attached hydrogens (primary N) is 1. The Kier molecular flexibility index (Phi) is 4.82. The number of nitriles is 1. The number of anilines is 2. The summed E-state index contributed by atoms with van der Waals surface area (Å²) in [7, 11) is 1.41. The molecule has 1 aliphatic carbocycles. The quantitative estimate of drug-likeness (QED) is 0.556. The largest absolute Gasteiger partial charge is 0.480 e. The molecule has 0 atom stereocenters. The molecular weight excluding hydrogens is 342 g/mol. The van der Waals surface area contributed by atoms with Gasteiger partial charge in [-0.3, -0.25) is 4.79 Å². The highest BCUT2D eigenvalue weighted by Gasteiger charge is 2.28. The fraction of sp³-hybridized carbons (Fsp3) is 0.300. The molecule has 27 heavy (non-hydrogen) atoms. The molecule has 1 heterocycles. The summed E-state index contributed by atoms with van der Waals surface area (Å²) >= 11 is 0. The molecule has 4 N–H and O–H groups in total. The lowest BCUT2D eigenvalue weighted by molar-refractivity contribution is 0.102. The van der Waals surface area contributed by atoms with E-state index in [0.29, 0.717) is 39.3 Å². The van der Waals surface area contributed by atoms with Crippen molar-refractivity contribution >= 4 is 23.0 Å². The highest BCUT2D eigenvalue weighted by molar-refractivity contribution is 6.08. The number of nitrogens with zero attached hydrogens (tertiary/aromatic N) is 2. The topological polar surface area (TPSA) is 125 Å². The van der Waals surface area contributed by atoms with Crippen molar-refractivity contribution in [3.8, 4) is 11.9 Å². The van der Waals surface area contributed by atoms with Crippen LogP contribution in [-0.4, -0.2) is 23.7 Å². The minimum Gasteiger partial charge on any atom is -0.480 e. The number of benzene rings is 1. The van der Waals surface area contributed by atoms with Gasteiger partial charge in [0.2, 0.25) is 5.88 Å². The van der Waals surface area contributed by atoms with Gasteiger partial charge in [0, 0.05) is 28.6 Å². The summed E-state index contributed by atoms with van der Waals surface area (Å²) < 4.78 is 5.15. The van der Waals surface area contributed by atoms with Gasteiger partial charge in [0.15, 0.2) is 0 Å². The van der Waals surface area contributed by atoms with Gasteiger partial charge < -0.3 is 21.2 Å². The predicted molar refractivity (Wildman–Crippen MR) is 103 cm³/mol. The van der Waals surface area contributed by atoms with Gasteiger partial charge in [-0.1, -0.05) is 0 Å². The van der Waals surface area contributed by atoms with Gasteiger partial charge >= 0.3 is 0 Å². The van der Waals surface area contributed by atoms with E-state index in [1.165, 1.54) is 7.11 Å². The number of hydrogen-bond donors (Lipinski definition) is 3. The number of nitrogens with one attached hydrogen (secondary N) is 2. The number of ether oxygens (including phenoxy) is 1. The van der Waals surface area contributed by atoms with Crippen molar-refractivity contribution in [2.75, 3.05) is 18.2 Å². The Morgan fingerprint density at radius 2 is 2.07 bits per heavy atom. The molecule has 1 aromatic heterocycles. The third kappa shape index (κ3) is 3.47. The standard InChI is InChI=1S/C20H21N5O2/c1-10-11(2)18(25-20(27-3)15(10)9-21)19(26)24-13-6-7-16(22)14(8-13)17(23)12-4-5-12/h6-8,12,23H,4-5,22H2,1-3H3,(H,24,26). The number of carbonyl (C=O) groups excluding carboxylic acids is 1. The molecule has 0 spiro atoms. The second-order valence-electron chi connectivity index (χ2n) is 6.65. The first-order chi connectivity index (χ1) is 12.9. The van der Waals surface area contributed by atoms with Gasteiger partial charge in [0.25, 0.3) is 5.91 Å². The number of aromatic nitrogens is 1. The Morgan fingerprint density at radius 3 is 2.67 bits per heavy atom. The number of carbonyl (C=O) groups is 1. The number of pyridine rings is 1. The van der Waals surface area contributed by atoms with Gasteiger partial charge in [-0.25, -0.2) is 4.98 Å². The monoisotopic (exact) mass is 363 g/mol. The minimum atomic E-state index is -0.410. The number of amides is 1. The molecule has 1 amide bonds. The number of nitrogen functional groups attached to an aromatic ring is 1. The smallest absolute Gasteiger partial charge is 0.274 e. The van der Waals surface area contributed by atoms with Crippen LogP contribution in [0.25, 0.3) is 0 Å². The maximum Gasteiger partial charge on any atom is 0.274 e. The molecule has 1 saturated carbocycles. The van der Waals surface area contributed by atoms with Gasteiger partial charge in [-0.2, -0.15) is 5.26 Å². The van der Waals surface area contributed by atoms with Crippen LogP contribution in [0.5, 0.6) is 5.88 Å². The van der Waals surface area contributed by atoms with Crippen LogP contribution < -0.4 is 15.8 Å². The van der Waals surface area contributed by atoms with Crippen LogP contribution in [0.3, 0.4) is 0 Å². The normalized spacial score (nSPS) is 13.0. The summed E-state index contributed by atoms with van der Waals surface area (Å²) in [6, 6.07) is 7.16. The van der Waals surface area contributed by atoms with E-state index < -0.39 is 5.91 Å². The zero-order chi connectivity index (χ0) is 19.7. The Balaban J connectivity index is 1.92. The van der Waals surface area contributed by atoms with E-state index in [4.69, 9.17) is 15.9 Å². The van der Waals surface area contributed by atoms with E-state index in [1.54, 1.807) is 32.0 Å². The van der Waals surface area contributed by atoms with E-state index in [0.717, 1.165) is 12.8 Å². The van der Waals surface area contributed by atoms with E-state index in [2.05, 4.69) is 16.4 Å². The van der Waals surface area contributed by atoms with Crippen molar-refractivity contribution in [2.45, 2.75) is 26.7 Å². The van der Waals surface area contributed by atoms with Crippen LogP contribution in [0, 0.1) is 36.5 Å². The highest BCUT2D eigenvalue weighted by Crippen LogP contribution is 2.35. The lowest BCUT2D eigenvalue weighted by atomic mass is 10.0. The number of rotatable bonds is 5. The van der Waals surface area contributed by atoms with Gasteiger partial charge in [0.1, 0.15) is 17.3 Å². The Labute approximate surface area is 157 Å². The minimum absolute atomic E-state index is 0.124. The first-order valence-corrected chi connectivity index (χ1v) is 8.62. The van der Waals surface area contributed by atoms with Gasteiger partial charge in [-0.05, 0) is 56.0 Å². The highest BCUT2D eigenvalue weighted by atomic mass is 16.5. The fourth-order valence-corrected chi connectivity index (χ4v) is 2.92. The molecular formula is C20H21N5O2. The Bertz CT molecular complexity index is 987. The first kappa shape index (κ1) is 18.4. The zero-order valence-corrected chi connectivity index (χ0v) is 15.5. The molecule has 3 rings (SSSR count). The van der Waals surface area contributed by atoms with E-state index in [-0.39, 0.29) is 17.5 Å². The Morgan fingerprint density at radius 1 is 1.37 bits per heavy atom. The molecule has 0 aliphatic heterocycles. The lowest BCUT2D eigenvalue weighted by Crippen LogP contribution is -2.18. The van der Waals surface area contributed by atoms with Crippen molar-refractivity contribution in [3.05, 3.63) is 46.1 Å². The van der Waals surface area contributed by atoms with Crippen LogP contribution in [0.15, 0.2) is 18.2 Å². The SMILES string of the molecule is COc1nc(C(=O)Nc2ccc(N)c(C(=N)C3CC3)c2)c(C)c(C)c1C#N. The van der Waals surface area contributed by atoms with Gasteiger partial charge in [0.05, 0.1) is 7.11 Å². The third-order valence-electron chi connectivity index (χ3n) is 4.83. The van der Waals surface area contributed by atoms with E-state index >= 15 is 0 Å². The second-order valence-corrected chi connectivity index (χ2v) is 6.65. The van der Waals surface area contributed by atoms with Crippen LogP contribution in [0.4, 0.5) is 11.4 Å². The van der Waals surface area contributed by atoms with Crippen LogP contribution in [-0.2, 0) is 0 Å². The average Bonchev–Trinajstić information content (AvgIpc) is 3.49. The van der Waals surface area contributed by atoms with Crippen molar-refractivity contribution < 1.29 is 9.53 Å². The molecule has 0 unspecified atom stereocenters. The average molecular weight is 363 g/mol. The molecule has 0 radical (unpaired) electrons. The molecule has 2 aromatic rings. The van der Waals surface area contributed by atoms with Crippen LogP contribution in [0.2, 0.25) is 0 Å². The van der Waals surface area contributed by atoms with Crippen LogP contribution >= 0.6 is 0 Å². The summed E-state index contributed by atoms with van der Waals surface area (Å²) in [6.45, 7) is 3.50. The molecule has 0 saturated heterocycles. The molecule has 0 bridgehead atoms. The second kappa shape index (κ2) is 7.08. The third-order valence-corrected chi connectivity index (χ3v) is 4.83. The molecule has 7 heteroatoms. The van der Waals surface area contributed by atoms with Crippen molar-refractivity contribution in [3.63, 3.8) is 0 Å². The van der Waals surface area contributed by atoms with Crippen molar-refractivity contribution in [1.29, 1.82) is 10.7 Å². The molecule has 1 fully saturated rings. The summed E-state index contributed by atoms with van der Waals surface area (Å²) in [5, 5.41) is 20.3. The maximum absolute atomic E-state index is 12.8. The lowest BCUT2D eigenvalue weighted by Gasteiger charge is -2.14. The summed E-state index contributed by atoms with van der Waals surface area (Å²) in [4.78, 5) is 17.0. The maximum atomic E-state index is 12.8. The number of methoxy groups -OCH3 is 1. The van der Waals surface area contributed by atoms with Gasteiger partial charge in [-0.15, -0.1) is 0 Å². The van der Waals surface area contributed by atoms with Crippen LogP contribution in [0.1, 0.15) is 45.6 Å². The molecule has 138 valence electrons. The summed E-state index contributed by atoms with van der Waals surface area (Å²) in [5.41, 5.74) is 10.0. The first-order valence-electron chi connectivity index (χ1n) is 8.62. The fourth-order valence-electron chi connectivity index (χ4n) is 2.92. The molecule has 1 aliphatic rings. The molecule has 1 aromatic carbocycles. The van der Waals surface area contributed by atoms with Crippen molar-refractivity contribution in [2.24, 2.45) is 5.92 Å². The zero-order valence-electron chi connectivity index (χ0n) is 15.5. The van der Waals surface area contributed by atoms with Crippen molar-refractivity contribution in [1.82, 2.24) is 4.98 Å².